The highest BCUT2D eigenvalue weighted by molar-refractivity contribution is 5.81. The summed E-state index contributed by atoms with van der Waals surface area (Å²) in [6, 6.07) is 2.15. The minimum atomic E-state index is 0.655. The Labute approximate surface area is 195 Å². The molecule has 4 rings (SSSR count). The monoisotopic (exact) mass is 446 g/mol. The summed E-state index contributed by atoms with van der Waals surface area (Å²) in [7, 11) is 2.20. The van der Waals surface area contributed by atoms with E-state index in [2.05, 4.69) is 58.7 Å². The van der Waals surface area contributed by atoms with E-state index in [0.29, 0.717) is 12.5 Å². The van der Waals surface area contributed by atoms with Gasteiger partial charge in [-0.15, -0.1) is 0 Å². The quantitative estimate of drug-likeness (QED) is 0.483. The largest absolute Gasteiger partial charge is 0.361 e. The molecule has 3 aromatic rings. The van der Waals surface area contributed by atoms with Crippen molar-refractivity contribution in [1.82, 2.24) is 24.6 Å². The summed E-state index contributed by atoms with van der Waals surface area (Å²) in [6.45, 7) is 13.7. The third-order valence-corrected chi connectivity index (χ3v) is 6.47. The van der Waals surface area contributed by atoms with Crippen molar-refractivity contribution in [3.05, 3.63) is 60.2 Å². The Morgan fingerprint density at radius 1 is 1.30 bits per heavy atom. The summed E-state index contributed by atoms with van der Waals surface area (Å²) in [5, 5.41) is 7.75. The Morgan fingerprint density at radius 2 is 2.09 bits per heavy atom. The van der Waals surface area contributed by atoms with E-state index in [9.17, 15) is 0 Å². The van der Waals surface area contributed by atoms with Crippen molar-refractivity contribution in [2.75, 3.05) is 32.0 Å². The Hall–Kier alpha value is -3.19. The highest BCUT2D eigenvalue weighted by Crippen LogP contribution is 2.30. The van der Waals surface area contributed by atoms with E-state index in [1.165, 1.54) is 18.4 Å². The Morgan fingerprint density at radius 3 is 2.76 bits per heavy atom. The minimum Gasteiger partial charge on any atom is -0.361 e. The van der Waals surface area contributed by atoms with Gasteiger partial charge in [-0.05, 0) is 71.3 Å². The number of hydrogen-bond donors (Lipinski definition) is 1. The van der Waals surface area contributed by atoms with Gasteiger partial charge in [0, 0.05) is 23.9 Å². The van der Waals surface area contributed by atoms with Crippen LogP contribution in [0.1, 0.15) is 31.2 Å². The SMILES string of the molecule is C=C/C=C\C(=C/C)Cn1c(NCC2CCN(C)CC2)nc2ncc(-c3c(C)noc3C)cc21. The van der Waals surface area contributed by atoms with Crippen molar-refractivity contribution in [2.45, 2.75) is 40.2 Å². The molecule has 1 N–H and O–H groups in total. The molecule has 33 heavy (non-hydrogen) atoms. The first-order chi connectivity index (χ1) is 16.0. The van der Waals surface area contributed by atoms with Gasteiger partial charge in [-0.2, -0.15) is 4.98 Å². The van der Waals surface area contributed by atoms with Gasteiger partial charge in [0.2, 0.25) is 5.95 Å². The number of allylic oxidation sites excluding steroid dienone is 5. The Balaban J connectivity index is 1.70. The van der Waals surface area contributed by atoms with Gasteiger partial charge in [-0.1, -0.05) is 36.0 Å². The first-order valence-electron chi connectivity index (χ1n) is 11.7. The fourth-order valence-electron chi connectivity index (χ4n) is 4.45. The van der Waals surface area contributed by atoms with Crippen LogP contribution in [-0.4, -0.2) is 51.3 Å². The van der Waals surface area contributed by atoms with Gasteiger partial charge >= 0.3 is 0 Å². The van der Waals surface area contributed by atoms with Crippen LogP contribution in [-0.2, 0) is 6.54 Å². The molecule has 0 radical (unpaired) electrons. The third-order valence-electron chi connectivity index (χ3n) is 6.47. The number of likely N-dealkylation sites (tertiary alicyclic amines) is 1. The Kier molecular flexibility index (Phi) is 7.08. The van der Waals surface area contributed by atoms with Crippen LogP contribution < -0.4 is 5.32 Å². The van der Waals surface area contributed by atoms with E-state index in [-0.39, 0.29) is 0 Å². The summed E-state index contributed by atoms with van der Waals surface area (Å²) in [5.74, 6) is 2.31. The summed E-state index contributed by atoms with van der Waals surface area (Å²) in [5.41, 5.74) is 5.76. The average Bonchev–Trinajstić information content (AvgIpc) is 3.34. The zero-order chi connectivity index (χ0) is 23.4. The second-order valence-electron chi connectivity index (χ2n) is 8.87. The highest BCUT2D eigenvalue weighted by atomic mass is 16.5. The summed E-state index contributed by atoms with van der Waals surface area (Å²) in [6.07, 6.45) is 12.3. The number of rotatable bonds is 8. The van der Waals surface area contributed by atoms with E-state index in [1.54, 1.807) is 6.08 Å². The number of imidazole rings is 1. The second-order valence-corrected chi connectivity index (χ2v) is 8.87. The molecule has 1 aliphatic rings. The van der Waals surface area contributed by atoms with Crippen molar-refractivity contribution in [3.8, 4) is 11.1 Å². The molecule has 0 aliphatic carbocycles. The maximum atomic E-state index is 5.39. The van der Waals surface area contributed by atoms with Crippen LogP contribution in [0.25, 0.3) is 22.3 Å². The number of pyridine rings is 1. The minimum absolute atomic E-state index is 0.655. The molecule has 174 valence electrons. The molecule has 4 heterocycles. The molecule has 7 nitrogen and oxygen atoms in total. The summed E-state index contributed by atoms with van der Waals surface area (Å²) in [4.78, 5) is 12.0. The lowest BCUT2D eigenvalue weighted by molar-refractivity contribution is 0.226. The standard InChI is InChI=1S/C26H34N6O/c1-6-8-9-20(7-2)17-32-23-14-22(24-18(3)30-33-19(24)4)16-27-25(23)29-26(32)28-15-21-10-12-31(5)13-11-21/h6-9,14,16,21H,1,10-13,15,17H2,2-5H3,(H,27,28,29)/b9-8-,20-7+. The molecule has 0 atom stereocenters. The molecule has 7 heteroatoms. The lowest BCUT2D eigenvalue weighted by atomic mass is 9.97. The van der Waals surface area contributed by atoms with Crippen LogP contribution >= 0.6 is 0 Å². The van der Waals surface area contributed by atoms with Gasteiger partial charge in [0.1, 0.15) is 5.76 Å². The van der Waals surface area contributed by atoms with Crippen LogP contribution in [0.4, 0.5) is 5.95 Å². The van der Waals surface area contributed by atoms with Crippen LogP contribution in [0, 0.1) is 19.8 Å². The zero-order valence-corrected chi connectivity index (χ0v) is 20.1. The molecule has 1 saturated heterocycles. The second kappa shape index (κ2) is 10.2. The first-order valence-corrected chi connectivity index (χ1v) is 11.7. The normalized spacial score (nSPS) is 16.2. The van der Waals surface area contributed by atoms with Gasteiger partial charge in [0.25, 0.3) is 0 Å². The third kappa shape index (κ3) is 5.09. The van der Waals surface area contributed by atoms with Crippen molar-refractivity contribution >= 4 is 17.1 Å². The average molecular weight is 447 g/mol. The molecule has 1 fully saturated rings. The molecule has 0 bridgehead atoms. The number of anilines is 1. The number of fused-ring (bicyclic) bond motifs is 1. The van der Waals surface area contributed by atoms with Gasteiger partial charge in [-0.25, -0.2) is 4.98 Å². The van der Waals surface area contributed by atoms with Crippen LogP contribution in [0.3, 0.4) is 0 Å². The summed E-state index contributed by atoms with van der Waals surface area (Å²) < 4.78 is 7.62. The van der Waals surface area contributed by atoms with E-state index in [0.717, 1.165) is 59.3 Å². The van der Waals surface area contributed by atoms with Crippen molar-refractivity contribution in [1.29, 1.82) is 0 Å². The van der Waals surface area contributed by atoms with Crippen LogP contribution in [0.15, 0.2) is 53.2 Å². The number of hydrogen-bond acceptors (Lipinski definition) is 6. The maximum absolute atomic E-state index is 5.39. The topological polar surface area (TPSA) is 72.0 Å². The molecular weight excluding hydrogens is 412 g/mol. The number of aromatic nitrogens is 4. The highest BCUT2D eigenvalue weighted by Gasteiger charge is 2.20. The fourth-order valence-corrected chi connectivity index (χ4v) is 4.45. The van der Waals surface area contributed by atoms with Crippen molar-refractivity contribution < 1.29 is 4.52 Å². The molecule has 3 aromatic heterocycles. The van der Waals surface area contributed by atoms with Crippen molar-refractivity contribution in [2.24, 2.45) is 5.92 Å². The molecule has 0 unspecified atom stereocenters. The lowest BCUT2D eigenvalue weighted by Crippen LogP contribution is -2.33. The van der Waals surface area contributed by atoms with E-state index < -0.39 is 0 Å². The van der Waals surface area contributed by atoms with E-state index in [1.807, 2.05) is 26.1 Å². The van der Waals surface area contributed by atoms with Crippen molar-refractivity contribution in [3.63, 3.8) is 0 Å². The van der Waals surface area contributed by atoms with E-state index in [4.69, 9.17) is 14.5 Å². The van der Waals surface area contributed by atoms with Gasteiger partial charge in [-0.3, -0.25) is 0 Å². The van der Waals surface area contributed by atoms with Gasteiger partial charge < -0.3 is 19.3 Å². The zero-order valence-electron chi connectivity index (χ0n) is 20.1. The smallest absolute Gasteiger partial charge is 0.205 e. The fraction of sp³-hybridized carbons (Fsp3) is 0.423. The number of aryl methyl sites for hydroxylation is 2. The molecule has 0 saturated carbocycles. The van der Waals surface area contributed by atoms with Crippen LogP contribution in [0.5, 0.6) is 0 Å². The first kappa shape index (κ1) is 23.0. The Bertz CT molecular complexity index is 1160. The molecule has 0 aromatic carbocycles. The van der Waals surface area contributed by atoms with E-state index >= 15 is 0 Å². The number of piperidine rings is 1. The summed E-state index contributed by atoms with van der Waals surface area (Å²) >= 11 is 0. The predicted octanol–water partition coefficient (Wildman–Crippen LogP) is 5.15. The molecule has 0 spiro atoms. The molecular formula is C26H34N6O. The molecule has 0 amide bonds. The lowest BCUT2D eigenvalue weighted by Gasteiger charge is -2.29. The van der Waals surface area contributed by atoms with Gasteiger partial charge in [0.05, 0.1) is 17.8 Å². The van der Waals surface area contributed by atoms with Gasteiger partial charge in [0.15, 0.2) is 5.65 Å². The molecule has 1 aliphatic heterocycles. The number of nitrogens with one attached hydrogen (secondary N) is 1. The maximum Gasteiger partial charge on any atom is 0.205 e. The predicted molar refractivity (Wildman–Crippen MR) is 134 cm³/mol. The number of nitrogens with zero attached hydrogens (tertiary/aromatic N) is 5. The van der Waals surface area contributed by atoms with Crippen LogP contribution in [0.2, 0.25) is 0 Å².